The Labute approximate surface area is 168 Å². The van der Waals surface area contributed by atoms with Crippen LogP contribution >= 0.6 is 22.9 Å². The van der Waals surface area contributed by atoms with Crippen molar-refractivity contribution in [3.63, 3.8) is 0 Å². The first-order valence-corrected chi connectivity index (χ1v) is 10.4. The maximum absolute atomic E-state index is 6.66. The second-order valence-electron chi connectivity index (χ2n) is 8.22. The van der Waals surface area contributed by atoms with Crippen molar-refractivity contribution in [3.8, 4) is 0 Å². The molecule has 1 saturated heterocycles. The summed E-state index contributed by atoms with van der Waals surface area (Å²) in [7, 11) is -0.456. The van der Waals surface area contributed by atoms with Gasteiger partial charge in [-0.3, -0.25) is 0 Å². The number of hydrogen-bond donors (Lipinski definition) is 0. The maximum Gasteiger partial charge on any atom is 0.496 e. The lowest BCUT2D eigenvalue weighted by atomic mass is 9.78. The van der Waals surface area contributed by atoms with Crippen LogP contribution in [0.1, 0.15) is 27.7 Å². The van der Waals surface area contributed by atoms with Crippen LogP contribution in [0.2, 0.25) is 5.02 Å². The monoisotopic (exact) mass is 394 g/mol. The van der Waals surface area contributed by atoms with Gasteiger partial charge in [-0.2, -0.15) is 0 Å². The molecular formula is C22H20BClO2S. The van der Waals surface area contributed by atoms with Gasteiger partial charge >= 0.3 is 7.12 Å². The Morgan fingerprint density at radius 2 is 1.56 bits per heavy atom. The Morgan fingerprint density at radius 3 is 2.30 bits per heavy atom. The molecule has 27 heavy (non-hydrogen) atoms. The van der Waals surface area contributed by atoms with Gasteiger partial charge in [0, 0.05) is 30.7 Å². The van der Waals surface area contributed by atoms with E-state index in [4.69, 9.17) is 20.9 Å². The standard InChI is InChI=1S/C22H20BClO2S/c1-21(2)22(3,4)26-23(25-21)17-11-16-15-10-9-13-7-5-6-8-14(13)20(15)27-19(16)12-18(17)24/h5-12H,1-4H3. The third-order valence-corrected chi connectivity index (χ3v) is 7.52. The molecule has 3 aromatic carbocycles. The molecule has 0 amide bonds. The van der Waals surface area contributed by atoms with Crippen molar-refractivity contribution in [1.29, 1.82) is 0 Å². The summed E-state index contributed by atoms with van der Waals surface area (Å²) in [6, 6.07) is 17.1. The van der Waals surface area contributed by atoms with E-state index in [1.165, 1.54) is 30.9 Å². The van der Waals surface area contributed by atoms with Crippen LogP contribution in [0.15, 0.2) is 48.5 Å². The van der Waals surface area contributed by atoms with Crippen molar-refractivity contribution in [2.24, 2.45) is 0 Å². The van der Waals surface area contributed by atoms with E-state index in [2.05, 4.69) is 76.2 Å². The van der Waals surface area contributed by atoms with Crippen molar-refractivity contribution in [3.05, 3.63) is 53.6 Å². The van der Waals surface area contributed by atoms with Crippen LogP contribution in [0.4, 0.5) is 0 Å². The highest BCUT2D eigenvalue weighted by Gasteiger charge is 2.52. The molecule has 136 valence electrons. The van der Waals surface area contributed by atoms with Crippen molar-refractivity contribution in [2.75, 3.05) is 0 Å². The minimum Gasteiger partial charge on any atom is -0.399 e. The molecule has 0 spiro atoms. The van der Waals surface area contributed by atoms with E-state index in [1.807, 2.05) is 0 Å². The molecule has 5 heteroatoms. The van der Waals surface area contributed by atoms with Gasteiger partial charge in [-0.1, -0.05) is 54.1 Å². The number of benzene rings is 3. The van der Waals surface area contributed by atoms with E-state index in [0.29, 0.717) is 5.02 Å². The smallest absolute Gasteiger partial charge is 0.399 e. The van der Waals surface area contributed by atoms with Gasteiger partial charge in [-0.25, -0.2) is 0 Å². The fourth-order valence-electron chi connectivity index (χ4n) is 3.69. The highest BCUT2D eigenvalue weighted by Crippen LogP contribution is 2.41. The Hall–Kier alpha value is -1.59. The summed E-state index contributed by atoms with van der Waals surface area (Å²) in [5.74, 6) is 0. The summed E-state index contributed by atoms with van der Waals surface area (Å²) in [5, 5.41) is 5.69. The van der Waals surface area contributed by atoms with E-state index < -0.39 is 7.12 Å². The summed E-state index contributed by atoms with van der Waals surface area (Å²) in [4.78, 5) is 0. The van der Waals surface area contributed by atoms with E-state index in [0.717, 1.165) is 5.46 Å². The van der Waals surface area contributed by atoms with Gasteiger partial charge in [0.25, 0.3) is 0 Å². The molecule has 2 heterocycles. The second kappa shape index (κ2) is 5.71. The predicted molar refractivity (Wildman–Crippen MR) is 118 cm³/mol. The van der Waals surface area contributed by atoms with Crippen LogP contribution in [0.3, 0.4) is 0 Å². The fourth-order valence-corrected chi connectivity index (χ4v) is 5.27. The summed E-state index contributed by atoms with van der Waals surface area (Å²) in [6.07, 6.45) is 0. The number of halogens is 1. The van der Waals surface area contributed by atoms with Gasteiger partial charge in [-0.15, -0.1) is 11.3 Å². The summed E-state index contributed by atoms with van der Waals surface area (Å²) in [5.41, 5.74) is 0.127. The number of thiophene rings is 1. The first kappa shape index (κ1) is 17.5. The SMILES string of the molecule is CC1(C)OB(c2cc3c(cc2Cl)sc2c4ccccc4ccc32)OC1(C)C. The largest absolute Gasteiger partial charge is 0.496 e. The lowest BCUT2D eigenvalue weighted by Crippen LogP contribution is -2.41. The molecule has 1 fully saturated rings. The first-order chi connectivity index (χ1) is 12.8. The Morgan fingerprint density at radius 1 is 0.852 bits per heavy atom. The minimum absolute atomic E-state index is 0.386. The van der Waals surface area contributed by atoms with Crippen molar-refractivity contribution in [1.82, 2.24) is 0 Å². The van der Waals surface area contributed by atoms with Gasteiger partial charge in [-0.05, 0) is 44.5 Å². The van der Waals surface area contributed by atoms with E-state index in [1.54, 1.807) is 11.3 Å². The Balaban J connectivity index is 1.73. The average molecular weight is 395 g/mol. The van der Waals surface area contributed by atoms with E-state index in [-0.39, 0.29) is 11.2 Å². The van der Waals surface area contributed by atoms with Crippen LogP contribution < -0.4 is 5.46 Å². The minimum atomic E-state index is -0.456. The van der Waals surface area contributed by atoms with Crippen LogP contribution in [0.5, 0.6) is 0 Å². The van der Waals surface area contributed by atoms with Crippen LogP contribution in [0, 0.1) is 0 Å². The second-order valence-corrected chi connectivity index (χ2v) is 9.68. The lowest BCUT2D eigenvalue weighted by molar-refractivity contribution is 0.00578. The van der Waals surface area contributed by atoms with Crippen LogP contribution in [-0.2, 0) is 9.31 Å². The zero-order valence-corrected chi connectivity index (χ0v) is 17.4. The number of hydrogen-bond acceptors (Lipinski definition) is 3. The molecular weight excluding hydrogens is 375 g/mol. The molecule has 5 rings (SSSR count). The molecule has 1 aromatic heterocycles. The Kier molecular flexibility index (Phi) is 3.70. The molecule has 1 aliphatic heterocycles. The molecule has 0 atom stereocenters. The van der Waals surface area contributed by atoms with Crippen molar-refractivity contribution < 1.29 is 9.31 Å². The van der Waals surface area contributed by atoms with E-state index >= 15 is 0 Å². The van der Waals surface area contributed by atoms with Crippen molar-refractivity contribution >= 4 is 66.5 Å². The van der Waals surface area contributed by atoms with Crippen LogP contribution in [0.25, 0.3) is 30.9 Å². The average Bonchev–Trinajstić information content (AvgIpc) is 3.07. The molecule has 1 aliphatic rings. The lowest BCUT2D eigenvalue weighted by Gasteiger charge is -2.32. The van der Waals surface area contributed by atoms with Gasteiger partial charge in [0.1, 0.15) is 0 Å². The van der Waals surface area contributed by atoms with Gasteiger partial charge < -0.3 is 9.31 Å². The molecule has 0 radical (unpaired) electrons. The predicted octanol–water partition coefficient (Wildman–Crippen LogP) is 6.16. The molecule has 2 nitrogen and oxygen atoms in total. The third-order valence-electron chi connectivity index (χ3n) is 5.99. The molecule has 0 aliphatic carbocycles. The van der Waals surface area contributed by atoms with Gasteiger partial charge in [0.2, 0.25) is 0 Å². The maximum atomic E-state index is 6.66. The van der Waals surface area contributed by atoms with Crippen LogP contribution in [-0.4, -0.2) is 18.3 Å². The number of fused-ring (bicyclic) bond motifs is 5. The zero-order chi connectivity index (χ0) is 19.0. The summed E-state index contributed by atoms with van der Waals surface area (Å²) >= 11 is 8.45. The summed E-state index contributed by atoms with van der Waals surface area (Å²) in [6.45, 7) is 8.24. The third kappa shape index (κ3) is 2.55. The van der Waals surface area contributed by atoms with Gasteiger partial charge in [0.15, 0.2) is 0 Å². The van der Waals surface area contributed by atoms with E-state index in [9.17, 15) is 0 Å². The molecule has 0 N–H and O–H groups in total. The molecule has 4 aromatic rings. The summed E-state index contributed by atoms with van der Waals surface area (Å²) < 4.78 is 15.0. The Bertz CT molecular complexity index is 1200. The zero-order valence-electron chi connectivity index (χ0n) is 15.8. The van der Waals surface area contributed by atoms with Gasteiger partial charge in [0.05, 0.1) is 11.2 Å². The highest BCUT2D eigenvalue weighted by molar-refractivity contribution is 7.26. The fraction of sp³-hybridized carbons (Fsp3) is 0.273. The normalized spacial score (nSPS) is 18.8. The number of rotatable bonds is 1. The highest BCUT2D eigenvalue weighted by atomic mass is 35.5. The first-order valence-electron chi connectivity index (χ1n) is 9.16. The van der Waals surface area contributed by atoms with Crippen molar-refractivity contribution in [2.45, 2.75) is 38.9 Å². The molecule has 0 saturated carbocycles. The quantitative estimate of drug-likeness (QED) is 0.360. The molecule has 0 bridgehead atoms. The molecule has 0 unspecified atom stereocenters. The topological polar surface area (TPSA) is 18.5 Å².